The summed E-state index contributed by atoms with van der Waals surface area (Å²) in [5.41, 5.74) is 9.82. The van der Waals surface area contributed by atoms with Crippen molar-refractivity contribution < 1.29 is 4.74 Å². The van der Waals surface area contributed by atoms with E-state index in [4.69, 9.17) is 10.5 Å². The molecule has 0 saturated heterocycles. The van der Waals surface area contributed by atoms with Gasteiger partial charge in [0.1, 0.15) is 21.9 Å². The molecule has 3 N–H and O–H groups in total. The van der Waals surface area contributed by atoms with Crippen molar-refractivity contribution in [3.63, 3.8) is 0 Å². The molecular formula is C14H18BrN3O. The lowest BCUT2D eigenvalue weighted by atomic mass is 10.0. The first-order chi connectivity index (χ1) is 9.06. The minimum atomic E-state index is 0.573. The topological polar surface area (TPSA) is 63.9 Å². The van der Waals surface area contributed by atoms with Crippen molar-refractivity contribution in [2.75, 3.05) is 13.7 Å². The molecule has 0 amide bonds. The minimum absolute atomic E-state index is 0.573. The molecule has 4 nitrogen and oxygen atoms in total. The SMILES string of the molecule is COc1cc(C)c(C)cc1-c1nc(CCN)[nH]c1Br. The Hall–Kier alpha value is -1.33. The van der Waals surface area contributed by atoms with Crippen molar-refractivity contribution in [3.8, 4) is 17.0 Å². The van der Waals surface area contributed by atoms with Gasteiger partial charge in [-0.15, -0.1) is 0 Å². The number of aromatic amines is 1. The zero-order chi connectivity index (χ0) is 14.0. The van der Waals surface area contributed by atoms with Gasteiger partial charge in [-0.1, -0.05) is 0 Å². The number of nitrogens with two attached hydrogens (primary N) is 1. The van der Waals surface area contributed by atoms with Gasteiger partial charge in [0, 0.05) is 12.0 Å². The van der Waals surface area contributed by atoms with E-state index in [1.807, 2.05) is 6.07 Å². The second kappa shape index (κ2) is 5.75. The van der Waals surface area contributed by atoms with E-state index in [1.165, 1.54) is 11.1 Å². The molecule has 2 aromatic rings. The van der Waals surface area contributed by atoms with Gasteiger partial charge in [-0.05, 0) is 59.6 Å². The summed E-state index contributed by atoms with van der Waals surface area (Å²) in [5, 5.41) is 0. The number of benzene rings is 1. The molecule has 0 fully saturated rings. The summed E-state index contributed by atoms with van der Waals surface area (Å²) < 4.78 is 6.32. The fraction of sp³-hybridized carbons (Fsp3) is 0.357. The first-order valence-corrected chi connectivity index (χ1v) is 6.96. The average Bonchev–Trinajstić information content (AvgIpc) is 2.73. The van der Waals surface area contributed by atoms with E-state index in [1.54, 1.807) is 7.11 Å². The zero-order valence-electron chi connectivity index (χ0n) is 11.4. The third kappa shape index (κ3) is 2.82. The van der Waals surface area contributed by atoms with Gasteiger partial charge < -0.3 is 15.5 Å². The Morgan fingerprint density at radius 3 is 2.63 bits per heavy atom. The molecule has 0 aliphatic heterocycles. The van der Waals surface area contributed by atoms with Gasteiger partial charge in [0.25, 0.3) is 0 Å². The van der Waals surface area contributed by atoms with Gasteiger partial charge in [-0.3, -0.25) is 0 Å². The van der Waals surface area contributed by atoms with Crippen LogP contribution in [0.15, 0.2) is 16.7 Å². The van der Waals surface area contributed by atoms with Crippen LogP contribution in [0.2, 0.25) is 0 Å². The van der Waals surface area contributed by atoms with Crippen LogP contribution in [0.3, 0.4) is 0 Å². The maximum Gasteiger partial charge on any atom is 0.128 e. The highest BCUT2D eigenvalue weighted by atomic mass is 79.9. The normalized spacial score (nSPS) is 10.8. The number of halogens is 1. The van der Waals surface area contributed by atoms with Gasteiger partial charge in [0.2, 0.25) is 0 Å². The van der Waals surface area contributed by atoms with Crippen molar-refractivity contribution >= 4 is 15.9 Å². The molecule has 19 heavy (non-hydrogen) atoms. The Kier molecular flexibility index (Phi) is 4.27. The number of aromatic nitrogens is 2. The van der Waals surface area contributed by atoms with Crippen LogP contribution in [0, 0.1) is 13.8 Å². The number of H-pyrrole nitrogens is 1. The lowest BCUT2D eigenvalue weighted by Crippen LogP contribution is -2.03. The van der Waals surface area contributed by atoms with E-state index >= 15 is 0 Å². The van der Waals surface area contributed by atoms with Crippen LogP contribution in [0.25, 0.3) is 11.3 Å². The molecule has 1 aromatic carbocycles. The smallest absolute Gasteiger partial charge is 0.128 e. The maximum absolute atomic E-state index is 5.56. The number of imidazole rings is 1. The van der Waals surface area contributed by atoms with Crippen LogP contribution in [0.1, 0.15) is 17.0 Å². The van der Waals surface area contributed by atoms with Crippen molar-refractivity contribution in [3.05, 3.63) is 33.7 Å². The maximum atomic E-state index is 5.56. The fourth-order valence-electron chi connectivity index (χ4n) is 1.98. The van der Waals surface area contributed by atoms with Crippen LogP contribution in [-0.2, 0) is 6.42 Å². The molecule has 0 aliphatic rings. The van der Waals surface area contributed by atoms with Crippen LogP contribution < -0.4 is 10.5 Å². The van der Waals surface area contributed by atoms with E-state index < -0.39 is 0 Å². The summed E-state index contributed by atoms with van der Waals surface area (Å²) in [6, 6.07) is 4.13. The van der Waals surface area contributed by atoms with Crippen LogP contribution in [0.4, 0.5) is 0 Å². The van der Waals surface area contributed by atoms with Gasteiger partial charge in [0.05, 0.1) is 7.11 Å². The molecule has 0 spiro atoms. The number of nitrogens with one attached hydrogen (secondary N) is 1. The first kappa shape index (κ1) is 14.1. The fourth-order valence-corrected chi connectivity index (χ4v) is 2.51. The number of hydrogen-bond acceptors (Lipinski definition) is 3. The van der Waals surface area contributed by atoms with Crippen molar-refractivity contribution in [1.82, 2.24) is 9.97 Å². The minimum Gasteiger partial charge on any atom is -0.496 e. The third-order valence-corrected chi connectivity index (χ3v) is 3.73. The molecule has 0 saturated carbocycles. The number of ether oxygens (including phenoxy) is 1. The highest BCUT2D eigenvalue weighted by molar-refractivity contribution is 9.10. The average molecular weight is 324 g/mol. The lowest BCUT2D eigenvalue weighted by molar-refractivity contribution is 0.416. The summed E-state index contributed by atoms with van der Waals surface area (Å²) in [4.78, 5) is 7.79. The molecule has 0 bridgehead atoms. The second-order valence-corrected chi connectivity index (χ2v) is 5.31. The Morgan fingerprint density at radius 1 is 1.32 bits per heavy atom. The lowest BCUT2D eigenvalue weighted by Gasteiger charge is -2.10. The molecule has 1 heterocycles. The summed E-state index contributed by atoms with van der Waals surface area (Å²) in [6.07, 6.45) is 0.728. The van der Waals surface area contributed by atoms with E-state index in [9.17, 15) is 0 Å². The van der Waals surface area contributed by atoms with E-state index in [-0.39, 0.29) is 0 Å². The summed E-state index contributed by atoms with van der Waals surface area (Å²) in [7, 11) is 1.68. The van der Waals surface area contributed by atoms with E-state index in [0.29, 0.717) is 6.54 Å². The zero-order valence-corrected chi connectivity index (χ0v) is 13.0. The van der Waals surface area contributed by atoms with Crippen molar-refractivity contribution in [2.24, 2.45) is 5.73 Å². The number of hydrogen-bond donors (Lipinski definition) is 2. The highest BCUT2D eigenvalue weighted by Gasteiger charge is 2.15. The second-order valence-electron chi connectivity index (χ2n) is 4.52. The molecule has 0 aliphatic carbocycles. The van der Waals surface area contributed by atoms with Crippen LogP contribution in [-0.4, -0.2) is 23.6 Å². The van der Waals surface area contributed by atoms with Crippen LogP contribution in [0.5, 0.6) is 5.75 Å². The molecular weight excluding hydrogens is 306 g/mol. The molecule has 0 radical (unpaired) electrons. The van der Waals surface area contributed by atoms with Gasteiger partial charge in [0.15, 0.2) is 0 Å². The van der Waals surface area contributed by atoms with Gasteiger partial charge >= 0.3 is 0 Å². The quantitative estimate of drug-likeness (QED) is 0.909. The first-order valence-electron chi connectivity index (χ1n) is 6.17. The van der Waals surface area contributed by atoms with Crippen molar-refractivity contribution in [1.29, 1.82) is 0 Å². The number of rotatable bonds is 4. The van der Waals surface area contributed by atoms with Crippen molar-refractivity contribution in [2.45, 2.75) is 20.3 Å². The number of nitrogens with zero attached hydrogens (tertiary/aromatic N) is 1. The Morgan fingerprint density at radius 2 is 2.00 bits per heavy atom. The molecule has 2 rings (SSSR count). The molecule has 1 aromatic heterocycles. The Bertz CT molecular complexity index is 593. The molecule has 0 unspecified atom stereocenters. The summed E-state index contributed by atoms with van der Waals surface area (Å²) in [5.74, 6) is 1.71. The number of methoxy groups -OCH3 is 1. The summed E-state index contributed by atoms with van der Waals surface area (Å²) in [6.45, 7) is 4.73. The monoisotopic (exact) mass is 323 g/mol. The number of aryl methyl sites for hydroxylation is 2. The predicted molar refractivity (Wildman–Crippen MR) is 80.5 cm³/mol. The molecule has 5 heteroatoms. The highest BCUT2D eigenvalue weighted by Crippen LogP contribution is 2.35. The molecule has 102 valence electrons. The Labute approximate surface area is 121 Å². The van der Waals surface area contributed by atoms with E-state index in [2.05, 4.69) is 45.8 Å². The predicted octanol–water partition coefficient (Wildman–Crippen LogP) is 2.97. The van der Waals surface area contributed by atoms with Crippen LogP contribution >= 0.6 is 15.9 Å². The van der Waals surface area contributed by atoms with Gasteiger partial charge in [-0.2, -0.15) is 0 Å². The molecule has 0 atom stereocenters. The third-order valence-electron chi connectivity index (χ3n) is 3.16. The van der Waals surface area contributed by atoms with Gasteiger partial charge in [-0.25, -0.2) is 4.98 Å². The Balaban J connectivity index is 2.54. The van der Waals surface area contributed by atoms with E-state index in [0.717, 1.165) is 33.9 Å². The largest absolute Gasteiger partial charge is 0.496 e. The standard InChI is InChI=1S/C14H18BrN3O/c1-8-6-10(11(19-3)7-9(8)2)13-14(15)18-12(17-13)4-5-16/h6-7H,4-5,16H2,1-3H3,(H,17,18). The summed E-state index contributed by atoms with van der Waals surface area (Å²) >= 11 is 3.52.